The van der Waals surface area contributed by atoms with E-state index in [0.29, 0.717) is 56.5 Å². The number of aryl methyl sites for hydroxylation is 3. The minimum atomic E-state index is -0.781. The highest BCUT2D eigenvalue weighted by Crippen LogP contribution is 2.32. The maximum atomic E-state index is 12.7. The number of likely N-dealkylation sites (tertiary alicyclic amines) is 1. The summed E-state index contributed by atoms with van der Waals surface area (Å²) < 4.78 is 11.3. The van der Waals surface area contributed by atoms with Crippen molar-refractivity contribution in [2.75, 3.05) is 19.6 Å². The van der Waals surface area contributed by atoms with Crippen molar-refractivity contribution in [2.45, 2.75) is 72.1 Å². The van der Waals surface area contributed by atoms with Crippen molar-refractivity contribution in [1.82, 2.24) is 10.2 Å². The van der Waals surface area contributed by atoms with E-state index in [2.05, 4.69) is 5.32 Å². The summed E-state index contributed by atoms with van der Waals surface area (Å²) >= 11 is 0. The van der Waals surface area contributed by atoms with Crippen molar-refractivity contribution in [3.05, 3.63) is 45.0 Å². The second-order valence-corrected chi connectivity index (χ2v) is 10.3. The Morgan fingerprint density at radius 3 is 2.45 bits per heavy atom. The number of rotatable bonds is 10. The van der Waals surface area contributed by atoms with E-state index in [0.717, 1.165) is 52.3 Å². The van der Waals surface area contributed by atoms with Gasteiger partial charge in [0.25, 0.3) is 0 Å². The Labute approximate surface area is 221 Å². The number of hydrogen-bond donors (Lipinski definition) is 2. The number of hydrogen-bond acceptors (Lipinski definition) is 6. The van der Waals surface area contributed by atoms with Gasteiger partial charge in [-0.05, 0) is 70.1 Å². The largest absolute Gasteiger partial charge is 0.481 e. The first kappa shape index (κ1) is 27.4. The first-order valence-electron chi connectivity index (χ1n) is 13.4. The van der Waals surface area contributed by atoms with Gasteiger partial charge in [-0.2, -0.15) is 0 Å². The quantitative estimate of drug-likeness (QED) is 0.297. The van der Waals surface area contributed by atoms with Crippen LogP contribution in [0.1, 0.15) is 67.2 Å². The Kier molecular flexibility index (Phi) is 8.54. The smallest absolute Gasteiger partial charge is 0.339 e. The Morgan fingerprint density at radius 2 is 1.74 bits per heavy atom. The van der Waals surface area contributed by atoms with Crippen LogP contribution < -0.4 is 10.9 Å². The molecule has 1 aliphatic heterocycles. The number of benzene rings is 1. The Bertz CT molecular complexity index is 1410. The second kappa shape index (κ2) is 11.8. The lowest BCUT2D eigenvalue weighted by molar-refractivity contribution is -0.145. The molecule has 204 valence electrons. The average Bonchev–Trinajstić information content (AvgIpc) is 3.27. The van der Waals surface area contributed by atoms with Crippen LogP contribution in [0.5, 0.6) is 0 Å². The lowest BCUT2D eigenvalue weighted by atomic mass is 9.97. The highest BCUT2D eigenvalue weighted by atomic mass is 16.4. The van der Waals surface area contributed by atoms with Crippen LogP contribution in [0.2, 0.25) is 0 Å². The Hall–Kier alpha value is -3.62. The third-order valence-electron chi connectivity index (χ3n) is 7.72. The van der Waals surface area contributed by atoms with Crippen molar-refractivity contribution in [3.8, 4) is 0 Å². The molecule has 2 N–H and O–H groups in total. The molecule has 0 radical (unpaired) electrons. The molecule has 4 rings (SSSR count). The van der Waals surface area contributed by atoms with E-state index in [1.807, 2.05) is 26.8 Å². The van der Waals surface area contributed by atoms with Crippen molar-refractivity contribution in [3.63, 3.8) is 0 Å². The minimum Gasteiger partial charge on any atom is -0.481 e. The van der Waals surface area contributed by atoms with Crippen LogP contribution in [-0.2, 0) is 20.8 Å². The molecule has 1 aliphatic rings. The number of amides is 2. The summed E-state index contributed by atoms with van der Waals surface area (Å²) in [6.07, 6.45) is 5.95. The molecule has 0 bridgehead atoms. The van der Waals surface area contributed by atoms with E-state index in [-0.39, 0.29) is 24.2 Å². The standard InChI is InChI=1S/C29H36N2O7/c1-17-16-37-26-19(3)27-23(15-22(17)26)18(2)21(29(36)38-27)8-9-24(32)30-12-6-4-5-7-25(33)31-13-10-20(11-14-31)28(34)35/h15-16,20H,4-14H2,1-3H3,(H,30,32)(H,34,35). The second-order valence-electron chi connectivity index (χ2n) is 10.3. The lowest BCUT2D eigenvalue weighted by Gasteiger charge is -2.30. The van der Waals surface area contributed by atoms with Gasteiger partial charge >= 0.3 is 11.6 Å². The molecule has 1 fully saturated rings. The number of unbranched alkanes of at least 4 members (excludes halogenated alkanes) is 2. The van der Waals surface area contributed by atoms with Crippen LogP contribution in [0.3, 0.4) is 0 Å². The molecule has 9 heteroatoms. The van der Waals surface area contributed by atoms with Crippen LogP contribution in [0.15, 0.2) is 26.0 Å². The zero-order chi connectivity index (χ0) is 27.4. The Morgan fingerprint density at radius 1 is 1.00 bits per heavy atom. The van der Waals surface area contributed by atoms with Gasteiger partial charge in [0.2, 0.25) is 11.8 Å². The van der Waals surface area contributed by atoms with Crippen molar-refractivity contribution < 1.29 is 28.3 Å². The number of carbonyl (C=O) groups excluding carboxylic acids is 2. The number of carbonyl (C=O) groups is 3. The summed E-state index contributed by atoms with van der Waals surface area (Å²) in [7, 11) is 0. The maximum Gasteiger partial charge on any atom is 0.339 e. The molecule has 3 heterocycles. The monoisotopic (exact) mass is 524 g/mol. The van der Waals surface area contributed by atoms with E-state index in [4.69, 9.17) is 13.9 Å². The van der Waals surface area contributed by atoms with Crippen molar-refractivity contribution >= 4 is 39.7 Å². The fourth-order valence-corrected chi connectivity index (χ4v) is 5.27. The van der Waals surface area contributed by atoms with E-state index in [9.17, 15) is 19.2 Å². The van der Waals surface area contributed by atoms with Crippen LogP contribution >= 0.6 is 0 Å². The number of furan rings is 1. The number of fused-ring (bicyclic) bond motifs is 2. The molecule has 0 spiro atoms. The number of carboxylic acid groups (broad SMARTS) is 1. The van der Waals surface area contributed by atoms with Crippen LogP contribution in [0.25, 0.3) is 21.9 Å². The predicted octanol–water partition coefficient (Wildman–Crippen LogP) is 4.40. The number of aliphatic carboxylic acids is 1. The van der Waals surface area contributed by atoms with E-state index in [1.54, 1.807) is 11.2 Å². The van der Waals surface area contributed by atoms with Gasteiger partial charge in [-0.25, -0.2) is 4.79 Å². The summed E-state index contributed by atoms with van der Waals surface area (Å²) in [6.45, 7) is 7.27. The van der Waals surface area contributed by atoms with Gasteiger partial charge in [0, 0.05) is 54.4 Å². The zero-order valence-electron chi connectivity index (χ0n) is 22.4. The van der Waals surface area contributed by atoms with E-state index < -0.39 is 11.6 Å². The number of carboxylic acids is 1. The van der Waals surface area contributed by atoms with Crippen molar-refractivity contribution in [1.29, 1.82) is 0 Å². The van der Waals surface area contributed by atoms with Gasteiger partial charge in [0.05, 0.1) is 12.2 Å². The minimum absolute atomic E-state index is 0.0707. The van der Waals surface area contributed by atoms with Gasteiger partial charge in [-0.15, -0.1) is 0 Å². The highest BCUT2D eigenvalue weighted by molar-refractivity contribution is 5.99. The van der Waals surface area contributed by atoms with Crippen molar-refractivity contribution in [2.24, 2.45) is 5.92 Å². The summed E-state index contributed by atoms with van der Waals surface area (Å²) in [5.41, 5.74) is 3.95. The fourth-order valence-electron chi connectivity index (χ4n) is 5.27. The first-order chi connectivity index (χ1) is 18.2. The molecule has 1 saturated heterocycles. The molecule has 2 amide bonds. The molecule has 0 saturated carbocycles. The van der Waals surface area contributed by atoms with Gasteiger partial charge in [0.1, 0.15) is 11.2 Å². The fraction of sp³-hybridized carbons (Fsp3) is 0.517. The maximum absolute atomic E-state index is 12.7. The zero-order valence-corrected chi connectivity index (χ0v) is 22.4. The molecule has 9 nitrogen and oxygen atoms in total. The van der Waals surface area contributed by atoms with E-state index in [1.165, 1.54) is 0 Å². The highest BCUT2D eigenvalue weighted by Gasteiger charge is 2.26. The van der Waals surface area contributed by atoms with E-state index >= 15 is 0 Å². The summed E-state index contributed by atoms with van der Waals surface area (Å²) in [5.74, 6) is -1.18. The first-order valence-corrected chi connectivity index (χ1v) is 13.4. The molecule has 38 heavy (non-hydrogen) atoms. The molecular formula is C29H36N2O7. The Balaban J connectivity index is 1.21. The predicted molar refractivity (Wildman–Crippen MR) is 143 cm³/mol. The summed E-state index contributed by atoms with van der Waals surface area (Å²) in [5, 5.41) is 13.8. The third kappa shape index (κ3) is 5.92. The topological polar surface area (TPSA) is 130 Å². The van der Waals surface area contributed by atoms with Gasteiger partial charge in [0.15, 0.2) is 0 Å². The number of nitrogens with one attached hydrogen (secondary N) is 1. The molecular weight excluding hydrogens is 488 g/mol. The SMILES string of the molecule is Cc1coc2c(C)c3oc(=O)c(CCC(=O)NCCCCCC(=O)N4CCC(C(=O)O)CC4)c(C)c3cc12. The van der Waals surface area contributed by atoms with Gasteiger partial charge in [-0.1, -0.05) is 6.42 Å². The molecule has 0 unspecified atom stereocenters. The van der Waals surface area contributed by atoms with Crippen LogP contribution in [0, 0.1) is 26.7 Å². The molecule has 2 aromatic heterocycles. The molecule has 0 aliphatic carbocycles. The number of piperidine rings is 1. The normalized spacial score (nSPS) is 14.3. The number of nitrogens with zero attached hydrogens (tertiary/aromatic N) is 1. The lowest BCUT2D eigenvalue weighted by Crippen LogP contribution is -2.40. The van der Waals surface area contributed by atoms with Crippen LogP contribution in [0.4, 0.5) is 0 Å². The summed E-state index contributed by atoms with van der Waals surface area (Å²) in [6, 6.07) is 1.99. The summed E-state index contributed by atoms with van der Waals surface area (Å²) in [4.78, 5) is 50.3. The van der Waals surface area contributed by atoms with Gasteiger partial charge < -0.3 is 24.2 Å². The third-order valence-corrected chi connectivity index (χ3v) is 7.72. The van der Waals surface area contributed by atoms with Crippen LogP contribution in [-0.4, -0.2) is 47.4 Å². The molecule has 1 aromatic carbocycles. The van der Waals surface area contributed by atoms with Gasteiger partial charge in [-0.3, -0.25) is 14.4 Å². The molecule has 3 aromatic rings. The molecule has 0 atom stereocenters. The average molecular weight is 525 g/mol.